The second-order valence-electron chi connectivity index (χ2n) is 2.49. The minimum absolute atomic E-state index is 0.262. The lowest BCUT2D eigenvalue weighted by Gasteiger charge is -2.28. The van der Waals surface area contributed by atoms with Gasteiger partial charge in [0.1, 0.15) is 0 Å². The molecule has 3 N–H and O–H groups in total. The highest BCUT2D eigenvalue weighted by atomic mass is 16.6. The van der Waals surface area contributed by atoms with Crippen molar-refractivity contribution in [2.45, 2.75) is 31.3 Å². The van der Waals surface area contributed by atoms with Crippen molar-refractivity contribution in [3.8, 4) is 0 Å². The highest BCUT2D eigenvalue weighted by Gasteiger charge is 2.34. The van der Waals surface area contributed by atoms with Crippen molar-refractivity contribution in [3.63, 3.8) is 0 Å². The second kappa shape index (κ2) is 3.17. The predicted octanol–water partition coefficient (Wildman–Crippen LogP) is -1.07. The van der Waals surface area contributed by atoms with E-state index in [1.807, 2.05) is 0 Å². The van der Waals surface area contributed by atoms with Gasteiger partial charge in [0.15, 0.2) is 12.4 Å². The van der Waals surface area contributed by atoms with E-state index in [2.05, 4.69) is 4.74 Å². The van der Waals surface area contributed by atoms with Gasteiger partial charge >= 0.3 is 5.97 Å². The van der Waals surface area contributed by atoms with Crippen LogP contribution >= 0.6 is 0 Å². The fourth-order valence-electron chi connectivity index (χ4n) is 1.02. The number of carboxylic acids is 1. The Labute approximate surface area is 63.2 Å². The lowest BCUT2D eigenvalue weighted by molar-refractivity contribution is -0.211. The molecule has 11 heavy (non-hydrogen) atoms. The Morgan fingerprint density at radius 2 is 2.00 bits per heavy atom. The summed E-state index contributed by atoms with van der Waals surface area (Å²) in [7, 11) is 0. The van der Waals surface area contributed by atoms with Gasteiger partial charge in [-0.3, -0.25) is 0 Å². The number of aliphatic carboxylic acids is 1. The van der Waals surface area contributed by atoms with Crippen LogP contribution in [0.2, 0.25) is 0 Å². The van der Waals surface area contributed by atoms with E-state index in [9.17, 15) is 4.79 Å². The first-order valence-corrected chi connectivity index (χ1v) is 3.35. The molecule has 0 radical (unpaired) electrons. The minimum atomic E-state index is -1.28. The molecular formula is C6H10O5. The summed E-state index contributed by atoms with van der Waals surface area (Å²) in [5.74, 6) is -1.24. The lowest BCUT2D eigenvalue weighted by Crippen LogP contribution is -2.43. The van der Waals surface area contributed by atoms with E-state index in [1.54, 1.807) is 0 Å². The number of hydrogen-bond donors (Lipinski definition) is 3. The normalized spacial score (nSPS) is 38.5. The van der Waals surface area contributed by atoms with E-state index in [1.165, 1.54) is 0 Å². The van der Waals surface area contributed by atoms with E-state index < -0.39 is 24.5 Å². The van der Waals surface area contributed by atoms with Gasteiger partial charge in [-0.05, 0) is 6.42 Å². The lowest BCUT2D eigenvalue weighted by atomic mass is 10.1. The maximum Gasteiger partial charge on any atom is 0.335 e. The van der Waals surface area contributed by atoms with Crippen LogP contribution in [0.1, 0.15) is 12.8 Å². The summed E-state index contributed by atoms with van der Waals surface area (Å²) in [5.41, 5.74) is 0. The maximum absolute atomic E-state index is 10.3. The smallest absolute Gasteiger partial charge is 0.335 e. The predicted molar refractivity (Wildman–Crippen MR) is 33.8 cm³/mol. The zero-order valence-corrected chi connectivity index (χ0v) is 5.80. The summed E-state index contributed by atoms with van der Waals surface area (Å²) in [6, 6.07) is 0. The molecule has 0 aromatic rings. The molecule has 1 rings (SSSR count). The Morgan fingerprint density at radius 3 is 2.45 bits per heavy atom. The van der Waals surface area contributed by atoms with Gasteiger partial charge in [0.2, 0.25) is 0 Å². The first-order chi connectivity index (χ1) is 5.11. The van der Waals surface area contributed by atoms with Crippen LogP contribution in [0.5, 0.6) is 0 Å². The minimum Gasteiger partial charge on any atom is -0.479 e. The van der Waals surface area contributed by atoms with E-state index in [-0.39, 0.29) is 12.8 Å². The number of ether oxygens (including phenoxy) is 1. The summed E-state index contributed by atoms with van der Waals surface area (Å²) in [5, 5.41) is 26.3. The molecule has 0 aromatic heterocycles. The summed E-state index contributed by atoms with van der Waals surface area (Å²) < 4.78 is 4.57. The standard InChI is InChI=1S/C6H10O5/c7-3-1-2-4(8)11-5(3)6(9)10/h3-5,7-8H,1-2H2,(H,9,10)/t3-,4-,5-/m0/s1. The van der Waals surface area contributed by atoms with Crippen LogP contribution in [0.4, 0.5) is 0 Å². The molecule has 0 unspecified atom stereocenters. The fraction of sp³-hybridized carbons (Fsp3) is 0.833. The zero-order chi connectivity index (χ0) is 8.43. The summed E-state index contributed by atoms with van der Waals surface area (Å²) in [6.07, 6.45) is -2.79. The van der Waals surface area contributed by atoms with Gasteiger partial charge < -0.3 is 20.1 Å². The Hall–Kier alpha value is -0.650. The van der Waals surface area contributed by atoms with E-state index in [4.69, 9.17) is 15.3 Å². The number of aliphatic hydroxyl groups excluding tert-OH is 2. The SMILES string of the molecule is O=C(O)[C@H]1O[C@H](O)CC[C@@H]1O. The van der Waals surface area contributed by atoms with Crippen molar-refractivity contribution in [2.24, 2.45) is 0 Å². The Balaban J connectivity index is 2.54. The molecule has 0 bridgehead atoms. The molecule has 3 atom stereocenters. The molecule has 0 saturated carbocycles. The van der Waals surface area contributed by atoms with Crippen molar-refractivity contribution >= 4 is 5.97 Å². The summed E-state index contributed by atoms with van der Waals surface area (Å²) in [4.78, 5) is 10.3. The Bertz CT molecular complexity index is 157. The molecule has 1 aliphatic heterocycles. The van der Waals surface area contributed by atoms with E-state index >= 15 is 0 Å². The van der Waals surface area contributed by atoms with Gasteiger partial charge in [0.25, 0.3) is 0 Å². The first-order valence-electron chi connectivity index (χ1n) is 3.35. The van der Waals surface area contributed by atoms with Gasteiger partial charge in [0.05, 0.1) is 6.10 Å². The summed E-state index contributed by atoms with van der Waals surface area (Å²) in [6.45, 7) is 0. The van der Waals surface area contributed by atoms with Gasteiger partial charge in [-0.25, -0.2) is 4.79 Å². The van der Waals surface area contributed by atoms with Crippen LogP contribution in [-0.4, -0.2) is 39.8 Å². The quantitative estimate of drug-likeness (QED) is 0.457. The number of carbonyl (C=O) groups is 1. The summed E-state index contributed by atoms with van der Waals surface area (Å²) >= 11 is 0. The van der Waals surface area contributed by atoms with Crippen LogP contribution < -0.4 is 0 Å². The third-order valence-electron chi connectivity index (χ3n) is 1.61. The van der Waals surface area contributed by atoms with Crippen LogP contribution in [0, 0.1) is 0 Å². The molecule has 1 saturated heterocycles. The van der Waals surface area contributed by atoms with Crippen LogP contribution in [0.3, 0.4) is 0 Å². The van der Waals surface area contributed by atoms with Crippen molar-refractivity contribution in [3.05, 3.63) is 0 Å². The third-order valence-corrected chi connectivity index (χ3v) is 1.61. The van der Waals surface area contributed by atoms with Crippen LogP contribution in [0.15, 0.2) is 0 Å². The van der Waals surface area contributed by atoms with Crippen molar-refractivity contribution in [1.29, 1.82) is 0 Å². The number of hydrogen-bond acceptors (Lipinski definition) is 4. The monoisotopic (exact) mass is 162 g/mol. The number of rotatable bonds is 1. The molecule has 0 amide bonds. The van der Waals surface area contributed by atoms with Crippen molar-refractivity contribution in [1.82, 2.24) is 0 Å². The average Bonchev–Trinajstić information content (AvgIpc) is 1.94. The topological polar surface area (TPSA) is 87.0 Å². The molecule has 0 aromatic carbocycles. The second-order valence-corrected chi connectivity index (χ2v) is 2.49. The molecule has 64 valence electrons. The van der Waals surface area contributed by atoms with Gasteiger partial charge in [-0.1, -0.05) is 0 Å². The van der Waals surface area contributed by atoms with Crippen molar-refractivity contribution < 1.29 is 24.9 Å². The van der Waals surface area contributed by atoms with Gasteiger partial charge in [0, 0.05) is 6.42 Å². The average molecular weight is 162 g/mol. The molecule has 1 heterocycles. The van der Waals surface area contributed by atoms with E-state index in [0.29, 0.717) is 0 Å². The Kier molecular flexibility index (Phi) is 2.43. The Morgan fingerprint density at radius 1 is 1.36 bits per heavy atom. The first kappa shape index (κ1) is 8.45. The highest BCUT2D eigenvalue weighted by molar-refractivity contribution is 5.73. The van der Waals surface area contributed by atoms with Crippen molar-refractivity contribution in [2.75, 3.05) is 0 Å². The maximum atomic E-state index is 10.3. The number of aliphatic hydroxyl groups is 2. The highest BCUT2D eigenvalue weighted by Crippen LogP contribution is 2.17. The molecule has 1 aliphatic rings. The van der Waals surface area contributed by atoms with Crippen LogP contribution in [0.25, 0.3) is 0 Å². The molecule has 0 spiro atoms. The third kappa shape index (κ3) is 1.89. The van der Waals surface area contributed by atoms with Gasteiger partial charge in [-0.2, -0.15) is 0 Å². The molecule has 5 heteroatoms. The largest absolute Gasteiger partial charge is 0.479 e. The molecule has 1 fully saturated rings. The van der Waals surface area contributed by atoms with E-state index in [0.717, 1.165) is 0 Å². The van der Waals surface area contributed by atoms with Gasteiger partial charge in [-0.15, -0.1) is 0 Å². The molecule has 0 aliphatic carbocycles. The number of carboxylic acid groups (broad SMARTS) is 1. The van der Waals surface area contributed by atoms with Crippen LogP contribution in [-0.2, 0) is 9.53 Å². The molecular weight excluding hydrogens is 152 g/mol. The zero-order valence-electron chi connectivity index (χ0n) is 5.80. The molecule has 5 nitrogen and oxygen atoms in total. The fourth-order valence-corrected chi connectivity index (χ4v) is 1.02.